The monoisotopic (exact) mass is 637 g/mol. The summed E-state index contributed by atoms with van der Waals surface area (Å²) in [5.74, 6) is -2.07. The van der Waals surface area contributed by atoms with Crippen LogP contribution in [0.2, 0.25) is 0 Å². The number of aliphatic carboxylic acids is 2. The van der Waals surface area contributed by atoms with Gasteiger partial charge in [0.15, 0.2) is 0 Å². The van der Waals surface area contributed by atoms with Gasteiger partial charge in [-0.2, -0.15) is 25.3 Å². The molecule has 0 bridgehead atoms. The quantitative estimate of drug-likeness (QED) is 0.0514. The topological polar surface area (TPSA) is 80.3 Å². The van der Waals surface area contributed by atoms with Gasteiger partial charge in [-0.15, -0.1) is 0 Å². The maximum absolute atomic E-state index is 10.4. The number of thiol groups is 2. The van der Waals surface area contributed by atoms with Crippen molar-refractivity contribution in [3.63, 3.8) is 0 Å². The van der Waals surface area contributed by atoms with Crippen LogP contribution >= 0.6 is 25.3 Å². The van der Waals surface area contributed by atoms with E-state index in [0.717, 1.165) is 25.7 Å². The molecule has 2 atom stereocenters. The number of carbonyl (C=O) groups excluding carboxylic acids is 2. The fourth-order valence-electron chi connectivity index (χ4n) is 4.59. The summed E-state index contributed by atoms with van der Waals surface area (Å²) in [7, 11) is 0. The third kappa shape index (κ3) is 38.2. The smallest absolute Gasteiger partial charge is 0.549 e. The molecule has 237 valence electrons. The average molecular weight is 639 g/mol. The molecule has 0 aliphatic carbocycles. The molecule has 0 aromatic heterocycles. The summed E-state index contributed by atoms with van der Waals surface area (Å²) in [4.78, 5) is 20.9. The molecule has 0 aromatic rings. The standard InChI is InChI=1S/2C16H32O2S.Cu/c2*1-2-3-4-5-6-7-8-9-10-11-12-13-14-15(19)16(17)18;/h2*15,19H,2-14H2,1H3,(H,17,18);/q;;+2/p-2. The van der Waals surface area contributed by atoms with Crippen molar-refractivity contribution in [2.75, 3.05) is 0 Å². The molecule has 0 spiro atoms. The molecule has 0 aliphatic rings. The van der Waals surface area contributed by atoms with Crippen molar-refractivity contribution in [1.82, 2.24) is 0 Å². The fourth-order valence-corrected chi connectivity index (χ4v) is 4.96. The summed E-state index contributed by atoms with van der Waals surface area (Å²) in [6.45, 7) is 4.51. The molecule has 1 radical (unpaired) electrons. The molecule has 0 amide bonds. The van der Waals surface area contributed by atoms with Crippen LogP contribution in [0.25, 0.3) is 0 Å². The Morgan fingerprint density at radius 1 is 0.436 bits per heavy atom. The molecule has 4 nitrogen and oxygen atoms in total. The van der Waals surface area contributed by atoms with Gasteiger partial charge in [-0.25, -0.2) is 0 Å². The largest absolute Gasteiger partial charge is 2.00 e. The Hall–Kier alpha value is 0.159. The van der Waals surface area contributed by atoms with Crippen molar-refractivity contribution in [2.45, 2.75) is 191 Å². The number of hydrogen-bond acceptors (Lipinski definition) is 6. The van der Waals surface area contributed by atoms with Gasteiger partial charge in [0.05, 0.1) is 11.9 Å². The average Bonchev–Trinajstić information content (AvgIpc) is 2.89. The van der Waals surface area contributed by atoms with Crippen LogP contribution in [0.1, 0.15) is 181 Å². The molecule has 39 heavy (non-hydrogen) atoms. The van der Waals surface area contributed by atoms with Gasteiger partial charge < -0.3 is 19.8 Å². The van der Waals surface area contributed by atoms with Crippen LogP contribution in [0.5, 0.6) is 0 Å². The SMILES string of the molecule is CCCCCCCCCCCCCCC(S)C(=O)[O-].CCCCCCCCCCCCCCC(S)C(=O)[O-].[Cu+2]. The van der Waals surface area contributed by atoms with Crippen LogP contribution in [-0.2, 0) is 26.7 Å². The van der Waals surface area contributed by atoms with E-state index >= 15 is 0 Å². The van der Waals surface area contributed by atoms with E-state index in [9.17, 15) is 19.8 Å². The summed E-state index contributed by atoms with van der Waals surface area (Å²) in [5.41, 5.74) is 0. The Bertz CT molecular complexity index is 465. The van der Waals surface area contributed by atoms with Crippen LogP contribution < -0.4 is 10.2 Å². The van der Waals surface area contributed by atoms with Gasteiger partial charge in [0.1, 0.15) is 0 Å². The number of carboxylic acids is 2. The maximum Gasteiger partial charge on any atom is 2.00 e. The minimum absolute atomic E-state index is 0. The molecule has 2 unspecified atom stereocenters. The van der Waals surface area contributed by atoms with Crippen LogP contribution in [0.3, 0.4) is 0 Å². The van der Waals surface area contributed by atoms with Crippen molar-refractivity contribution < 1.29 is 36.9 Å². The third-order valence-corrected chi connectivity index (χ3v) is 8.14. The molecule has 0 aromatic carbocycles. The van der Waals surface area contributed by atoms with Gasteiger partial charge in [0, 0.05) is 10.5 Å². The van der Waals surface area contributed by atoms with E-state index in [-0.39, 0.29) is 17.1 Å². The van der Waals surface area contributed by atoms with Gasteiger partial charge in [-0.3, -0.25) is 0 Å². The molecule has 0 saturated carbocycles. The summed E-state index contributed by atoms with van der Waals surface area (Å²) in [5, 5.41) is 19.7. The van der Waals surface area contributed by atoms with Gasteiger partial charge in [0.25, 0.3) is 0 Å². The summed E-state index contributed by atoms with van der Waals surface area (Å²) < 4.78 is 0. The molecular weight excluding hydrogens is 576 g/mol. The zero-order chi connectivity index (χ0) is 28.7. The molecule has 0 rings (SSSR count). The van der Waals surface area contributed by atoms with Crippen molar-refractivity contribution in [3.8, 4) is 0 Å². The van der Waals surface area contributed by atoms with Crippen LogP contribution in [-0.4, -0.2) is 22.4 Å². The van der Waals surface area contributed by atoms with Gasteiger partial charge in [0.2, 0.25) is 0 Å². The minimum Gasteiger partial charge on any atom is -0.549 e. The number of hydrogen-bond donors (Lipinski definition) is 2. The first kappa shape index (κ1) is 43.6. The van der Waals surface area contributed by atoms with E-state index in [2.05, 4.69) is 39.1 Å². The number of rotatable bonds is 28. The van der Waals surface area contributed by atoms with E-state index in [4.69, 9.17) is 0 Å². The second-order valence-corrected chi connectivity index (χ2v) is 12.3. The predicted molar refractivity (Wildman–Crippen MR) is 167 cm³/mol. The van der Waals surface area contributed by atoms with Crippen LogP contribution in [0.15, 0.2) is 0 Å². The first-order chi connectivity index (χ1) is 18.4. The zero-order valence-corrected chi connectivity index (χ0v) is 28.1. The molecule has 0 fully saturated rings. The van der Waals surface area contributed by atoms with Crippen molar-refractivity contribution in [3.05, 3.63) is 0 Å². The van der Waals surface area contributed by atoms with Gasteiger partial charge >= 0.3 is 17.1 Å². The van der Waals surface area contributed by atoms with E-state index in [1.807, 2.05) is 0 Å². The number of unbranched alkanes of at least 4 members (excludes halogenated alkanes) is 22. The summed E-state index contributed by atoms with van der Waals surface area (Å²) in [6, 6.07) is 0. The van der Waals surface area contributed by atoms with Gasteiger partial charge in [-0.1, -0.05) is 168 Å². The van der Waals surface area contributed by atoms with Crippen LogP contribution in [0, 0.1) is 0 Å². The molecule has 0 heterocycles. The zero-order valence-electron chi connectivity index (χ0n) is 25.4. The minimum atomic E-state index is -1.04. The van der Waals surface area contributed by atoms with Crippen molar-refractivity contribution in [2.24, 2.45) is 0 Å². The summed E-state index contributed by atoms with van der Waals surface area (Å²) >= 11 is 7.94. The number of carboxylic acid groups (broad SMARTS) is 2. The Morgan fingerprint density at radius 3 is 0.795 bits per heavy atom. The Kier molecular flexibility index (Phi) is 40.5. The molecule has 0 saturated heterocycles. The molecule has 0 N–H and O–H groups in total. The molecule has 7 heteroatoms. The van der Waals surface area contributed by atoms with E-state index < -0.39 is 22.4 Å². The predicted octanol–water partition coefficient (Wildman–Crippen LogP) is 8.25. The third-order valence-electron chi connectivity index (χ3n) is 7.21. The van der Waals surface area contributed by atoms with Gasteiger partial charge in [-0.05, 0) is 12.8 Å². The number of carbonyl (C=O) groups is 2. The Labute approximate surface area is 264 Å². The molecular formula is C32H62CuO4S2. The molecule has 0 aliphatic heterocycles. The van der Waals surface area contributed by atoms with E-state index in [1.165, 1.54) is 128 Å². The normalized spacial score (nSPS) is 12.2. The Balaban J connectivity index is -0.000000648. The van der Waals surface area contributed by atoms with E-state index in [1.54, 1.807) is 0 Å². The first-order valence-corrected chi connectivity index (χ1v) is 17.2. The van der Waals surface area contributed by atoms with Crippen LogP contribution in [0.4, 0.5) is 0 Å². The Morgan fingerprint density at radius 2 is 0.615 bits per heavy atom. The second-order valence-electron chi connectivity index (χ2n) is 11.0. The first-order valence-electron chi connectivity index (χ1n) is 16.1. The van der Waals surface area contributed by atoms with E-state index in [0.29, 0.717) is 12.8 Å². The second kappa shape index (κ2) is 36.2. The maximum atomic E-state index is 10.4. The summed E-state index contributed by atoms with van der Waals surface area (Å²) in [6.07, 6.45) is 32.5. The van der Waals surface area contributed by atoms with Crippen molar-refractivity contribution in [1.29, 1.82) is 0 Å². The van der Waals surface area contributed by atoms with Crippen molar-refractivity contribution >= 4 is 37.2 Å². The fraction of sp³-hybridized carbons (Fsp3) is 0.938.